The molecule has 1 aliphatic heterocycles. The van der Waals surface area contributed by atoms with Gasteiger partial charge in [0.2, 0.25) is 5.91 Å². The van der Waals surface area contributed by atoms with E-state index < -0.39 is 0 Å². The molecule has 4 heteroatoms. The molecule has 1 saturated heterocycles. The fraction of sp³-hybridized carbons (Fsp3) is 0.733. The molecule has 106 valence electrons. The molecule has 0 spiro atoms. The van der Waals surface area contributed by atoms with Crippen LogP contribution in [0.4, 0.5) is 0 Å². The van der Waals surface area contributed by atoms with Crippen LogP contribution in [0.5, 0.6) is 0 Å². The molecule has 0 atom stereocenters. The Bertz CT molecular complexity index is 458. The van der Waals surface area contributed by atoms with E-state index in [0.29, 0.717) is 18.2 Å². The molecule has 1 amide bonds. The lowest BCUT2D eigenvalue weighted by Crippen LogP contribution is -2.42. The third kappa shape index (κ3) is 3.17. The van der Waals surface area contributed by atoms with Gasteiger partial charge in [-0.3, -0.25) is 9.48 Å². The number of hydrogen-bond donors (Lipinski definition) is 0. The normalized spacial score (nSPS) is 14.9. The third-order valence-electron chi connectivity index (χ3n) is 3.87. The van der Waals surface area contributed by atoms with Crippen LogP contribution in [-0.4, -0.2) is 33.7 Å². The number of carbonyl (C=O) groups excluding carboxylic acids is 1. The van der Waals surface area contributed by atoms with Crippen LogP contribution in [0.3, 0.4) is 0 Å². The van der Waals surface area contributed by atoms with Crippen LogP contribution in [0, 0.1) is 19.8 Å². The Morgan fingerprint density at radius 1 is 1.32 bits per heavy atom. The molecule has 1 fully saturated rings. The van der Waals surface area contributed by atoms with Crippen molar-refractivity contribution in [2.24, 2.45) is 5.92 Å². The third-order valence-corrected chi connectivity index (χ3v) is 3.87. The summed E-state index contributed by atoms with van der Waals surface area (Å²) in [6, 6.07) is 0. The van der Waals surface area contributed by atoms with E-state index in [4.69, 9.17) is 0 Å². The van der Waals surface area contributed by atoms with Crippen LogP contribution in [-0.2, 0) is 17.8 Å². The molecule has 19 heavy (non-hydrogen) atoms. The summed E-state index contributed by atoms with van der Waals surface area (Å²) in [5, 5.41) is 4.60. The zero-order valence-electron chi connectivity index (χ0n) is 12.6. The summed E-state index contributed by atoms with van der Waals surface area (Å²) in [5.74, 6) is 0.884. The van der Waals surface area contributed by atoms with Crippen LogP contribution in [0.1, 0.15) is 43.6 Å². The number of likely N-dealkylation sites (tertiary alicyclic amines) is 1. The van der Waals surface area contributed by atoms with Gasteiger partial charge in [-0.05, 0) is 38.2 Å². The Morgan fingerprint density at radius 3 is 2.53 bits per heavy atom. The maximum Gasteiger partial charge on any atom is 0.222 e. The van der Waals surface area contributed by atoms with Crippen LogP contribution in [0.2, 0.25) is 0 Å². The fourth-order valence-corrected chi connectivity index (χ4v) is 2.58. The quantitative estimate of drug-likeness (QED) is 0.817. The Morgan fingerprint density at radius 2 is 2.00 bits per heavy atom. The van der Waals surface area contributed by atoms with Crippen molar-refractivity contribution in [2.45, 2.75) is 53.5 Å². The van der Waals surface area contributed by atoms with Gasteiger partial charge in [-0.2, -0.15) is 5.10 Å². The second-order valence-corrected chi connectivity index (χ2v) is 5.96. The van der Waals surface area contributed by atoms with Crippen molar-refractivity contribution in [3.63, 3.8) is 0 Å². The molecule has 1 aliphatic rings. The van der Waals surface area contributed by atoms with Gasteiger partial charge in [0.25, 0.3) is 0 Å². The molecule has 0 bridgehead atoms. The van der Waals surface area contributed by atoms with E-state index >= 15 is 0 Å². The van der Waals surface area contributed by atoms with Gasteiger partial charge in [-0.15, -0.1) is 0 Å². The standard InChI is InChI=1S/C15H25N3O/c1-11(2)10-18-13(4)14(12(3)16-18)6-7-15(19)17-8-5-9-17/h11H,5-10H2,1-4H3. The van der Waals surface area contributed by atoms with E-state index in [-0.39, 0.29) is 0 Å². The molecule has 0 unspecified atom stereocenters. The highest BCUT2D eigenvalue weighted by molar-refractivity contribution is 5.77. The summed E-state index contributed by atoms with van der Waals surface area (Å²) in [6.45, 7) is 11.4. The summed E-state index contributed by atoms with van der Waals surface area (Å²) < 4.78 is 2.09. The molecule has 1 aromatic rings. The molecule has 2 heterocycles. The van der Waals surface area contributed by atoms with E-state index in [1.165, 1.54) is 11.3 Å². The van der Waals surface area contributed by atoms with Crippen LogP contribution in [0.15, 0.2) is 0 Å². The highest BCUT2D eigenvalue weighted by Crippen LogP contribution is 2.18. The molecule has 2 rings (SSSR count). The van der Waals surface area contributed by atoms with Crippen LogP contribution in [0.25, 0.3) is 0 Å². The summed E-state index contributed by atoms with van der Waals surface area (Å²) in [6.07, 6.45) is 2.61. The van der Waals surface area contributed by atoms with Gasteiger partial charge in [-0.25, -0.2) is 0 Å². The molecule has 1 aromatic heterocycles. The Kier molecular flexibility index (Phi) is 4.27. The predicted octanol–water partition coefficient (Wildman–Crippen LogP) is 2.32. The van der Waals surface area contributed by atoms with Crippen molar-refractivity contribution in [3.05, 3.63) is 17.0 Å². The van der Waals surface area contributed by atoms with Gasteiger partial charge in [0.05, 0.1) is 5.69 Å². The van der Waals surface area contributed by atoms with Crippen molar-refractivity contribution in [3.8, 4) is 0 Å². The zero-order valence-corrected chi connectivity index (χ0v) is 12.6. The second kappa shape index (κ2) is 5.76. The fourth-order valence-electron chi connectivity index (χ4n) is 2.58. The lowest BCUT2D eigenvalue weighted by Gasteiger charge is -2.30. The van der Waals surface area contributed by atoms with E-state index in [9.17, 15) is 4.79 Å². The van der Waals surface area contributed by atoms with Crippen LogP contribution >= 0.6 is 0 Å². The first-order chi connectivity index (χ1) is 8.99. The van der Waals surface area contributed by atoms with Crippen molar-refractivity contribution >= 4 is 5.91 Å². The summed E-state index contributed by atoms with van der Waals surface area (Å²) in [4.78, 5) is 13.9. The molecule has 0 aliphatic carbocycles. The molecule has 0 aromatic carbocycles. The van der Waals surface area contributed by atoms with E-state index in [1.807, 2.05) is 11.8 Å². The molecular formula is C15H25N3O. The van der Waals surface area contributed by atoms with Gasteiger partial charge in [0.1, 0.15) is 0 Å². The molecular weight excluding hydrogens is 238 g/mol. The van der Waals surface area contributed by atoms with E-state index in [1.54, 1.807) is 0 Å². The number of amides is 1. The van der Waals surface area contributed by atoms with Gasteiger partial charge >= 0.3 is 0 Å². The van der Waals surface area contributed by atoms with Gasteiger partial charge in [0, 0.05) is 31.7 Å². The first-order valence-electron chi connectivity index (χ1n) is 7.29. The summed E-state index contributed by atoms with van der Waals surface area (Å²) in [7, 11) is 0. The SMILES string of the molecule is Cc1nn(CC(C)C)c(C)c1CCC(=O)N1CCC1. The smallest absolute Gasteiger partial charge is 0.222 e. The van der Waals surface area contributed by atoms with Crippen LogP contribution < -0.4 is 0 Å². The van der Waals surface area contributed by atoms with Crippen molar-refractivity contribution < 1.29 is 4.79 Å². The zero-order chi connectivity index (χ0) is 14.0. The second-order valence-electron chi connectivity index (χ2n) is 5.96. The molecule has 4 nitrogen and oxygen atoms in total. The number of carbonyl (C=O) groups is 1. The minimum Gasteiger partial charge on any atom is -0.343 e. The monoisotopic (exact) mass is 263 g/mol. The van der Waals surface area contributed by atoms with Gasteiger partial charge in [0.15, 0.2) is 0 Å². The number of nitrogens with zero attached hydrogens (tertiary/aromatic N) is 3. The number of aryl methyl sites for hydroxylation is 1. The van der Waals surface area contributed by atoms with E-state index in [0.717, 1.165) is 38.2 Å². The minimum absolute atomic E-state index is 0.293. The van der Waals surface area contributed by atoms with Gasteiger partial charge < -0.3 is 4.90 Å². The number of hydrogen-bond acceptors (Lipinski definition) is 2. The lowest BCUT2D eigenvalue weighted by atomic mass is 10.1. The average molecular weight is 263 g/mol. The Balaban J connectivity index is 1.99. The maximum atomic E-state index is 11.9. The largest absolute Gasteiger partial charge is 0.343 e. The topological polar surface area (TPSA) is 38.1 Å². The molecule has 0 saturated carbocycles. The molecule has 0 radical (unpaired) electrons. The highest BCUT2D eigenvalue weighted by Gasteiger charge is 2.21. The predicted molar refractivity (Wildman–Crippen MR) is 76.1 cm³/mol. The summed E-state index contributed by atoms with van der Waals surface area (Å²) in [5.41, 5.74) is 3.56. The van der Waals surface area contributed by atoms with Gasteiger partial charge in [-0.1, -0.05) is 13.8 Å². The van der Waals surface area contributed by atoms with Crippen molar-refractivity contribution in [1.82, 2.24) is 14.7 Å². The Labute approximate surface area is 115 Å². The van der Waals surface area contributed by atoms with E-state index in [2.05, 4.69) is 30.6 Å². The molecule has 0 N–H and O–H groups in total. The minimum atomic E-state index is 0.293. The average Bonchev–Trinajstić information content (AvgIpc) is 2.48. The highest BCUT2D eigenvalue weighted by atomic mass is 16.2. The number of aromatic nitrogens is 2. The van der Waals surface area contributed by atoms with Crippen molar-refractivity contribution in [2.75, 3.05) is 13.1 Å². The maximum absolute atomic E-state index is 11.9. The van der Waals surface area contributed by atoms with Crippen molar-refractivity contribution in [1.29, 1.82) is 0 Å². The lowest BCUT2D eigenvalue weighted by molar-refractivity contribution is -0.134. The first-order valence-corrected chi connectivity index (χ1v) is 7.29. The number of rotatable bonds is 5. The first kappa shape index (κ1) is 14.1. The Hall–Kier alpha value is -1.32. The summed E-state index contributed by atoms with van der Waals surface area (Å²) >= 11 is 0.